The van der Waals surface area contributed by atoms with Crippen LogP contribution in [0.3, 0.4) is 0 Å². The molecule has 2 rings (SSSR count). The first-order valence-electron chi connectivity index (χ1n) is 8.07. The van der Waals surface area contributed by atoms with Gasteiger partial charge in [0.25, 0.3) is 0 Å². The molecule has 0 aromatic heterocycles. The number of thiocarbonyl (C=S) groups is 1. The van der Waals surface area contributed by atoms with Crippen LogP contribution in [-0.4, -0.2) is 31.3 Å². The Bertz CT molecular complexity index is 707. The first-order valence-corrected chi connectivity index (χ1v) is 8.48. The van der Waals surface area contributed by atoms with E-state index >= 15 is 0 Å². The van der Waals surface area contributed by atoms with Crippen LogP contribution in [0.4, 0.5) is 16.2 Å². The largest absolute Gasteiger partial charge is 0.419 e. The SMILES string of the molecule is CCC(=S)Nc1cccc(OC(=O)N(CCOC)c2ccccc2)c1. The van der Waals surface area contributed by atoms with E-state index in [2.05, 4.69) is 5.32 Å². The number of anilines is 2. The summed E-state index contributed by atoms with van der Waals surface area (Å²) in [4.78, 5) is 14.9. The standard InChI is InChI=1S/C19H22N2O3S/c1-3-18(25)20-15-8-7-11-17(14-15)24-19(22)21(12-13-23-2)16-9-5-4-6-10-16/h4-11,14H,3,12-13H2,1-2H3,(H,20,25). The highest BCUT2D eigenvalue weighted by Crippen LogP contribution is 2.20. The zero-order valence-corrected chi connectivity index (χ0v) is 15.2. The number of rotatable bonds is 7. The predicted octanol–water partition coefficient (Wildman–Crippen LogP) is 4.49. The number of benzene rings is 2. The monoisotopic (exact) mass is 358 g/mol. The lowest BCUT2D eigenvalue weighted by atomic mass is 10.3. The van der Waals surface area contributed by atoms with Crippen molar-refractivity contribution in [1.29, 1.82) is 0 Å². The van der Waals surface area contributed by atoms with E-state index in [1.807, 2.05) is 49.4 Å². The van der Waals surface area contributed by atoms with Crippen molar-refractivity contribution in [3.05, 3.63) is 54.6 Å². The first-order chi connectivity index (χ1) is 12.1. The van der Waals surface area contributed by atoms with Gasteiger partial charge in [-0.05, 0) is 30.7 Å². The van der Waals surface area contributed by atoms with Crippen molar-refractivity contribution in [2.24, 2.45) is 0 Å². The summed E-state index contributed by atoms with van der Waals surface area (Å²) in [5.74, 6) is 0.451. The smallest absolute Gasteiger partial charge is 0.410 e. The second-order valence-electron chi connectivity index (χ2n) is 5.28. The van der Waals surface area contributed by atoms with Gasteiger partial charge in [-0.25, -0.2) is 4.79 Å². The van der Waals surface area contributed by atoms with E-state index in [4.69, 9.17) is 21.7 Å². The van der Waals surface area contributed by atoms with Crippen LogP contribution in [0.15, 0.2) is 54.6 Å². The molecule has 0 saturated heterocycles. The van der Waals surface area contributed by atoms with Crippen LogP contribution in [0.2, 0.25) is 0 Å². The van der Waals surface area contributed by atoms with Gasteiger partial charge >= 0.3 is 6.09 Å². The second-order valence-corrected chi connectivity index (χ2v) is 5.77. The average Bonchev–Trinajstić information content (AvgIpc) is 2.63. The van der Waals surface area contributed by atoms with E-state index in [1.54, 1.807) is 24.1 Å². The van der Waals surface area contributed by atoms with Gasteiger partial charge in [-0.3, -0.25) is 4.90 Å². The van der Waals surface area contributed by atoms with Crippen molar-refractivity contribution in [2.75, 3.05) is 30.5 Å². The summed E-state index contributed by atoms with van der Waals surface area (Å²) in [6, 6.07) is 16.5. The van der Waals surface area contributed by atoms with E-state index in [-0.39, 0.29) is 0 Å². The van der Waals surface area contributed by atoms with Gasteiger partial charge < -0.3 is 14.8 Å². The molecule has 0 radical (unpaired) electrons. The van der Waals surface area contributed by atoms with Crippen molar-refractivity contribution in [1.82, 2.24) is 0 Å². The van der Waals surface area contributed by atoms with Gasteiger partial charge in [0.05, 0.1) is 18.1 Å². The number of carbonyl (C=O) groups is 1. The Morgan fingerprint density at radius 3 is 2.60 bits per heavy atom. The number of hydrogen-bond acceptors (Lipinski definition) is 4. The molecule has 2 aromatic rings. The number of ether oxygens (including phenoxy) is 2. The topological polar surface area (TPSA) is 50.8 Å². The average molecular weight is 358 g/mol. The molecule has 1 amide bonds. The lowest BCUT2D eigenvalue weighted by molar-refractivity contribution is 0.190. The fourth-order valence-electron chi connectivity index (χ4n) is 2.16. The van der Waals surface area contributed by atoms with E-state index in [1.165, 1.54) is 0 Å². The third kappa shape index (κ3) is 5.85. The Kier molecular flexibility index (Phi) is 7.37. The zero-order chi connectivity index (χ0) is 18.1. The molecule has 2 aromatic carbocycles. The summed E-state index contributed by atoms with van der Waals surface area (Å²) in [6.45, 7) is 2.79. The minimum Gasteiger partial charge on any atom is -0.410 e. The van der Waals surface area contributed by atoms with E-state index < -0.39 is 6.09 Å². The maximum absolute atomic E-state index is 12.6. The number of nitrogens with zero attached hydrogens (tertiary/aromatic N) is 1. The van der Waals surface area contributed by atoms with Crippen LogP contribution < -0.4 is 15.0 Å². The van der Waals surface area contributed by atoms with Crippen LogP contribution in [-0.2, 0) is 4.74 Å². The number of hydrogen-bond donors (Lipinski definition) is 1. The minimum absolute atomic E-state index is 0.400. The molecule has 0 aliphatic heterocycles. The summed E-state index contributed by atoms with van der Waals surface area (Å²) in [7, 11) is 1.60. The van der Waals surface area contributed by atoms with E-state index in [0.717, 1.165) is 22.8 Å². The van der Waals surface area contributed by atoms with Gasteiger partial charge in [-0.2, -0.15) is 0 Å². The second kappa shape index (κ2) is 9.76. The molecule has 6 heteroatoms. The summed E-state index contributed by atoms with van der Waals surface area (Å²) in [6.07, 6.45) is 0.288. The Labute approximate surface area is 153 Å². The molecule has 0 aliphatic rings. The molecule has 0 fully saturated rings. The van der Waals surface area contributed by atoms with Gasteiger partial charge in [-0.15, -0.1) is 0 Å². The zero-order valence-electron chi connectivity index (χ0n) is 14.4. The molecule has 0 spiro atoms. The van der Waals surface area contributed by atoms with Gasteiger partial charge in [0.15, 0.2) is 0 Å². The summed E-state index contributed by atoms with van der Waals surface area (Å²) in [5, 5.41) is 3.11. The molecule has 0 heterocycles. The summed E-state index contributed by atoms with van der Waals surface area (Å²) in [5.41, 5.74) is 1.55. The van der Waals surface area contributed by atoms with Gasteiger partial charge in [0, 0.05) is 24.6 Å². The van der Waals surface area contributed by atoms with Crippen molar-refractivity contribution in [3.63, 3.8) is 0 Å². The maximum Gasteiger partial charge on any atom is 0.419 e. The summed E-state index contributed by atoms with van der Waals surface area (Å²) >= 11 is 5.18. The van der Waals surface area contributed by atoms with Crippen LogP contribution >= 0.6 is 12.2 Å². The van der Waals surface area contributed by atoms with E-state index in [9.17, 15) is 4.79 Å². The quantitative estimate of drug-likeness (QED) is 0.739. The lowest BCUT2D eigenvalue weighted by Gasteiger charge is -2.22. The molecular formula is C19H22N2O3S. The molecule has 0 saturated carbocycles. The highest BCUT2D eigenvalue weighted by Gasteiger charge is 2.17. The minimum atomic E-state index is -0.460. The Morgan fingerprint density at radius 1 is 1.16 bits per heavy atom. The normalized spacial score (nSPS) is 10.2. The molecule has 0 unspecified atom stereocenters. The third-order valence-corrected chi connectivity index (χ3v) is 3.84. The predicted molar refractivity (Wildman–Crippen MR) is 105 cm³/mol. The highest BCUT2D eigenvalue weighted by molar-refractivity contribution is 7.80. The molecule has 0 atom stereocenters. The molecule has 132 valence electrons. The van der Waals surface area contributed by atoms with Crippen LogP contribution in [0, 0.1) is 0 Å². The maximum atomic E-state index is 12.6. The van der Waals surface area contributed by atoms with Gasteiger partial charge in [0.1, 0.15) is 5.75 Å². The van der Waals surface area contributed by atoms with Crippen LogP contribution in [0.1, 0.15) is 13.3 Å². The number of amides is 1. The number of nitrogens with one attached hydrogen (secondary N) is 1. The molecule has 0 aliphatic carbocycles. The fraction of sp³-hybridized carbons (Fsp3) is 0.263. The number of para-hydroxylation sites is 1. The Balaban J connectivity index is 2.12. The Morgan fingerprint density at radius 2 is 1.92 bits per heavy atom. The fourth-order valence-corrected chi connectivity index (χ4v) is 2.28. The van der Waals surface area contributed by atoms with E-state index in [0.29, 0.717) is 18.9 Å². The van der Waals surface area contributed by atoms with Crippen molar-refractivity contribution >= 4 is 34.7 Å². The van der Waals surface area contributed by atoms with Gasteiger partial charge in [-0.1, -0.05) is 43.4 Å². The summed E-state index contributed by atoms with van der Waals surface area (Å²) < 4.78 is 10.6. The van der Waals surface area contributed by atoms with Crippen molar-refractivity contribution < 1.29 is 14.3 Å². The molecule has 25 heavy (non-hydrogen) atoms. The van der Waals surface area contributed by atoms with Crippen LogP contribution in [0.5, 0.6) is 5.75 Å². The number of methoxy groups -OCH3 is 1. The lowest BCUT2D eigenvalue weighted by Crippen LogP contribution is -2.36. The molecule has 5 nitrogen and oxygen atoms in total. The van der Waals surface area contributed by atoms with Crippen molar-refractivity contribution in [2.45, 2.75) is 13.3 Å². The molecule has 0 bridgehead atoms. The number of carbonyl (C=O) groups excluding carboxylic acids is 1. The third-order valence-electron chi connectivity index (χ3n) is 3.45. The Hall–Kier alpha value is -2.44. The van der Waals surface area contributed by atoms with Crippen LogP contribution in [0.25, 0.3) is 0 Å². The van der Waals surface area contributed by atoms with Crippen molar-refractivity contribution in [3.8, 4) is 5.75 Å². The molecular weight excluding hydrogens is 336 g/mol. The first kappa shape index (κ1) is 18.9. The molecule has 1 N–H and O–H groups in total. The highest BCUT2D eigenvalue weighted by atomic mass is 32.1. The van der Waals surface area contributed by atoms with Gasteiger partial charge in [0.2, 0.25) is 0 Å².